The molecule has 0 aromatic rings. The van der Waals surface area contributed by atoms with E-state index in [1.165, 1.54) is 19.3 Å². The van der Waals surface area contributed by atoms with Crippen molar-refractivity contribution in [2.45, 2.75) is 69.9 Å². The number of piperazine rings is 1. The number of carbonyl (C=O) groups excluding carboxylic acids is 2. The fourth-order valence-corrected chi connectivity index (χ4v) is 3.92. The van der Waals surface area contributed by atoms with Gasteiger partial charge in [0.2, 0.25) is 11.8 Å². The molecule has 3 aliphatic rings. The van der Waals surface area contributed by atoms with Crippen LogP contribution in [0.1, 0.15) is 58.3 Å². The molecular formula is C15H24N2O2. The molecule has 2 amide bonds. The SMILES string of the molecule is CCCC1CC1N1CC(=O)NC2(CCCCC2)C1=O. The van der Waals surface area contributed by atoms with Crippen molar-refractivity contribution < 1.29 is 9.59 Å². The summed E-state index contributed by atoms with van der Waals surface area (Å²) in [5.41, 5.74) is -0.549. The first kappa shape index (κ1) is 12.9. The van der Waals surface area contributed by atoms with Crippen LogP contribution in [0, 0.1) is 5.92 Å². The summed E-state index contributed by atoms with van der Waals surface area (Å²) in [6, 6.07) is 0.345. The molecule has 0 aromatic carbocycles. The zero-order valence-corrected chi connectivity index (χ0v) is 11.8. The van der Waals surface area contributed by atoms with Gasteiger partial charge in [-0.3, -0.25) is 9.59 Å². The summed E-state index contributed by atoms with van der Waals surface area (Å²) in [5.74, 6) is 0.888. The Morgan fingerprint density at radius 3 is 2.68 bits per heavy atom. The second kappa shape index (κ2) is 4.80. The van der Waals surface area contributed by atoms with E-state index >= 15 is 0 Å². The molecule has 2 atom stereocenters. The van der Waals surface area contributed by atoms with E-state index in [9.17, 15) is 9.59 Å². The molecule has 106 valence electrons. The van der Waals surface area contributed by atoms with Crippen LogP contribution >= 0.6 is 0 Å². The van der Waals surface area contributed by atoms with E-state index in [2.05, 4.69) is 12.2 Å². The van der Waals surface area contributed by atoms with Crippen molar-refractivity contribution in [3.05, 3.63) is 0 Å². The highest BCUT2D eigenvalue weighted by Gasteiger charge is 2.53. The second-order valence-electron chi connectivity index (χ2n) is 6.48. The predicted octanol–water partition coefficient (Wildman–Crippen LogP) is 1.84. The van der Waals surface area contributed by atoms with Crippen molar-refractivity contribution in [3.8, 4) is 0 Å². The molecule has 4 heteroatoms. The van der Waals surface area contributed by atoms with E-state index in [1.54, 1.807) is 0 Å². The molecule has 4 nitrogen and oxygen atoms in total. The maximum absolute atomic E-state index is 12.8. The lowest BCUT2D eigenvalue weighted by atomic mass is 9.79. The van der Waals surface area contributed by atoms with E-state index in [0.717, 1.165) is 32.1 Å². The van der Waals surface area contributed by atoms with Gasteiger partial charge < -0.3 is 10.2 Å². The Morgan fingerprint density at radius 1 is 1.26 bits per heavy atom. The van der Waals surface area contributed by atoms with Crippen molar-refractivity contribution in [3.63, 3.8) is 0 Å². The van der Waals surface area contributed by atoms with Crippen LogP contribution in [0.5, 0.6) is 0 Å². The second-order valence-corrected chi connectivity index (χ2v) is 6.48. The monoisotopic (exact) mass is 264 g/mol. The molecule has 1 spiro atoms. The van der Waals surface area contributed by atoms with E-state index in [-0.39, 0.29) is 18.4 Å². The topological polar surface area (TPSA) is 49.4 Å². The highest BCUT2D eigenvalue weighted by Crippen LogP contribution is 2.42. The number of hydrogen-bond acceptors (Lipinski definition) is 2. The van der Waals surface area contributed by atoms with Gasteiger partial charge >= 0.3 is 0 Å². The van der Waals surface area contributed by atoms with Gasteiger partial charge in [-0.15, -0.1) is 0 Å². The minimum absolute atomic E-state index is 0.0450. The Bertz CT molecular complexity index is 388. The molecule has 3 fully saturated rings. The first-order valence-electron chi connectivity index (χ1n) is 7.78. The Labute approximate surface area is 114 Å². The molecule has 1 heterocycles. The standard InChI is InChI=1S/C15H24N2O2/c1-2-6-11-9-12(11)17-10-13(18)16-15(14(17)19)7-4-3-5-8-15/h11-12H,2-10H2,1H3,(H,16,18). The van der Waals surface area contributed by atoms with Crippen molar-refractivity contribution in [1.82, 2.24) is 10.2 Å². The predicted molar refractivity (Wildman–Crippen MR) is 72.5 cm³/mol. The quantitative estimate of drug-likeness (QED) is 0.845. The Hall–Kier alpha value is -1.06. The van der Waals surface area contributed by atoms with Crippen LogP contribution in [0.25, 0.3) is 0 Å². The first-order chi connectivity index (χ1) is 9.16. The van der Waals surface area contributed by atoms with Crippen LogP contribution in [0.2, 0.25) is 0 Å². The zero-order valence-electron chi connectivity index (χ0n) is 11.8. The maximum Gasteiger partial charge on any atom is 0.249 e. The van der Waals surface area contributed by atoms with Crippen molar-refractivity contribution >= 4 is 11.8 Å². The molecular weight excluding hydrogens is 240 g/mol. The van der Waals surface area contributed by atoms with Gasteiger partial charge in [0.15, 0.2) is 0 Å². The highest BCUT2D eigenvalue weighted by atomic mass is 16.2. The van der Waals surface area contributed by atoms with E-state index in [1.807, 2.05) is 4.90 Å². The summed E-state index contributed by atoms with van der Waals surface area (Å²) in [6.07, 6.45) is 8.42. The first-order valence-corrected chi connectivity index (χ1v) is 7.78. The van der Waals surface area contributed by atoms with Gasteiger partial charge in [-0.2, -0.15) is 0 Å². The van der Waals surface area contributed by atoms with Crippen LogP contribution in [0.3, 0.4) is 0 Å². The maximum atomic E-state index is 12.8. The Balaban J connectivity index is 1.74. The van der Waals surface area contributed by atoms with Gasteiger partial charge in [-0.05, 0) is 31.6 Å². The normalized spacial score (nSPS) is 33.4. The Morgan fingerprint density at radius 2 is 2.00 bits per heavy atom. The average molecular weight is 264 g/mol. The summed E-state index contributed by atoms with van der Waals surface area (Å²) in [4.78, 5) is 26.7. The lowest BCUT2D eigenvalue weighted by Crippen LogP contribution is -2.67. The molecule has 1 aliphatic heterocycles. The van der Waals surface area contributed by atoms with Crippen LogP contribution < -0.4 is 5.32 Å². The fourth-order valence-electron chi connectivity index (χ4n) is 3.92. The molecule has 3 rings (SSSR count). The van der Waals surface area contributed by atoms with Gasteiger partial charge in [0.25, 0.3) is 0 Å². The van der Waals surface area contributed by atoms with Gasteiger partial charge in [0.05, 0.1) is 6.54 Å². The molecule has 0 aromatic heterocycles. The van der Waals surface area contributed by atoms with Gasteiger partial charge in [0, 0.05) is 6.04 Å². The zero-order chi connectivity index (χ0) is 13.5. The number of carbonyl (C=O) groups is 2. The van der Waals surface area contributed by atoms with Gasteiger partial charge in [0.1, 0.15) is 5.54 Å². The molecule has 19 heavy (non-hydrogen) atoms. The lowest BCUT2D eigenvalue weighted by Gasteiger charge is -2.44. The van der Waals surface area contributed by atoms with Crippen molar-refractivity contribution in [2.75, 3.05) is 6.54 Å². The molecule has 1 saturated heterocycles. The average Bonchev–Trinajstić information content (AvgIpc) is 3.15. The third-order valence-corrected chi connectivity index (χ3v) is 5.02. The lowest BCUT2D eigenvalue weighted by molar-refractivity contribution is -0.152. The highest BCUT2D eigenvalue weighted by molar-refractivity contribution is 5.98. The molecule has 1 N–H and O–H groups in total. The van der Waals surface area contributed by atoms with Crippen LogP contribution in [0.4, 0.5) is 0 Å². The summed E-state index contributed by atoms with van der Waals surface area (Å²) >= 11 is 0. The van der Waals surface area contributed by atoms with Crippen molar-refractivity contribution in [1.29, 1.82) is 0 Å². The van der Waals surface area contributed by atoms with Crippen LogP contribution in [-0.4, -0.2) is 34.8 Å². The summed E-state index contributed by atoms with van der Waals surface area (Å²) < 4.78 is 0. The number of hydrogen-bond donors (Lipinski definition) is 1. The molecule has 2 unspecified atom stereocenters. The third kappa shape index (κ3) is 2.26. The molecule has 2 saturated carbocycles. The molecule has 2 aliphatic carbocycles. The largest absolute Gasteiger partial charge is 0.340 e. The summed E-state index contributed by atoms with van der Waals surface area (Å²) in [6.45, 7) is 2.47. The minimum atomic E-state index is -0.549. The van der Waals surface area contributed by atoms with Crippen molar-refractivity contribution in [2.24, 2.45) is 5.92 Å². The fraction of sp³-hybridized carbons (Fsp3) is 0.867. The van der Waals surface area contributed by atoms with E-state index in [0.29, 0.717) is 12.0 Å². The molecule has 0 radical (unpaired) electrons. The Kier molecular flexibility index (Phi) is 3.27. The number of rotatable bonds is 3. The summed E-state index contributed by atoms with van der Waals surface area (Å²) in [5, 5.41) is 3.01. The molecule has 0 bridgehead atoms. The number of nitrogens with one attached hydrogen (secondary N) is 1. The van der Waals surface area contributed by atoms with Crippen LogP contribution in [0.15, 0.2) is 0 Å². The minimum Gasteiger partial charge on any atom is -0.340 e. The number of amides is 2. The van der Waals surface area contributed by atoms with Gasteiger partial charge in [-0.25, -0.2) is 0 Å². The van der Waals surface area contributed by atoms with Crippen LogP contribution in [-0.2, 0) is 9.59 Å². The van der Waals surface area contributed by atoms with Gasteiger partial charge in [-0.1, -0.05) is 32.6 Å². The third-order valence-electron chi connectivity index (χ3n) is 5.02. The summed E-state index contributed by atoms with van der Waals surface area (Å²) in [7, 11) is 0. The smallest absolute Gasteiger partial charge is 0.249 e. The van der Waals surface area contributed by atoms with E-state index in [4.69, 9.17) is 0 Å². The van der Waals surface area contributed by atoms with E-state index < -0.39 is 5.54 Å². The number of nitrogens with zero attached hydrogens (tertiary/aromatic N) is 1.